The van der Waals surface area contributed by atoms with Crippen LogP contribution in [-0.2, 0) is 38.0 Å². The van der Waals surface area contributed by atoms with E-state index < -0.39 is 114 Å². The van der Waals surface area contributed by atoms with Crippen LogP contribution >= 0.6 is 0 Å². The number of hydrogen-bond acceptors (Lipinski definition) is 15. The molecule has 0 saturated carbocycles. The van der Waals surface area contributed by atoms with Gasteiger partial charge in [0.05, 0.1) is 47.6 Å². The first kappa shape index (κ1) is 45.1. The number of aliphatic hydroxyl groups is 6. The maximum atomic E-state index is 14.1. The van der Waals surface area contributed by atoms with Gasteiger partial charge in [-0.25, -0.2) is 0 Å². The quantitative estimate of drug-likeness (QED) is 0.200. The monoisotopic (exact) mass is 749 g/mol. The molecule has 3 heterocycles. The van der Waals surface area contributed by atoms with Crippen molar-refractivity contribution in [3.8, 4) is 0 Å². The van der Waals surface area contributed by atoms with E-state index in [1.54, 1.807) is 34.6 Å². The van der Waals surface area contributed by atoms with E-state index in [9.17, 15) is 40.2 Å². The molecule has 3 fully saturated rings. The van der Waals surface area contributed by atoms with Crippen LogP contribution in [0.2, 0.25) is 0 Å². The zero-order valence-corrected chi connectivity index (χ0v) is 33.3. The highest BCUT2D eigenvalue weighted by molar-refractivity contribution is 5.89. The molecule has 18 atom stereocenters. The Balaban J connectivity index is 2.22. The van der Waals surface area contributed by atoms with Crippen molar-refractivity contribution in [1.82, 2.24) is 4.90 Å². The molecule has 0 bridgehead atoms. The van der Waals surface area contributed by atoms with Crippen molar-refractivity contribution in [2.24, 2.45) is 17.8 Å². The smallest absolute Gasteiger partial charge is 0.311 e. The van der Waals surface area contributed by atoms with Crippen LogP contribution in [0.4, 0.5) is 0 Å². The largest absolute Gasteiger partial charge is 0.459 e. The second-order valence-corrected chi connectivity index (χ2v) is 16.8. The van der Waals surface area contributed by atoms with Crippen LogP contribution in [0.5, 0.6) is 0 Å². The van der Waals surface area contributed by atoms with Crippen LogP contribution in [0.1, 0.15) is 94.9 Å². The number of likely N-dealkylation sites (N-methyl/N-ethyl adjacent to an activating group) is 1. The van der Waals surface area contributed by atoms with Crippen molar-refractivity contribution in [3.63, 3.8) is 0 Å². The standard InChI is InChI=1S/C37H67NO14/c1-14-24-37(10,46)29(41)21(5)28(40)34(7,44)17-35(8,45)31(52-33-26(39)23(38(11)12)15-18(2)48-33)19(3)27(20(4)32(43)50-24)51-25-16-36(9,47-13)30(42)22(6)49-25/h18-27,29-31,33,39,41-42,44-46H,14-17H2,1-13H3/t18?,19-,20+,21-,22?,23?,24+,25?,26?,27-,29+,30?,31+,33?,34+,35+,36?,37+/m0/s1. The Labute approximate surface area is 308 Å². The molecule has 3 aliphatic rings. The lowest BCUT2D eigenvalue weighted by molar-refractivity contribution is -0.319. The van der Waals surface area contributed by atoms with Crippen molar-refractivity contribution in [1.29, 1.82) is 0 Å². The summed E-state index contributed by atoms with van der Waals surface area (Å²) in [5.41, 5.74) is -7.56. The fourth-order valence-electron chi connectivity index (χ4n) is 8.49. The van der Waals surface area contributed by atoms with E-state index in [1.165, 1.54) is 34.8 Å². The number of carbonyl (C=O) groups is 2. The summed E-state index contributed by atoms with van der Waals surface area (Å²) < 4.78 is 36.8. The Kier molecular flexibility index (Phi) is 14.6. The molecule has 15 nitrogen and oxygen atoms in total. The zero-order chi connectivity index (χ0) is 39.9. The third-order valence-corrected chi connectivity index (χ3v) is 11.8. The maximum absolute atomic E-state index is 14.1. The topological polar surface area (TPSA) is 214 Å². The number of Topliss-reactive ketones (excluding diaryl/α,β-unsaturated/α-hetero) is 1. The number of nitrogens with zero attached hydrogens (tertiary/aromatic N) is 1. The molecule has 8 unspecified atom stereocenters. The Bertz CT molecular complexity index is 1210. The van der Waals surface area contributed by atoms with E-state index in [1.807, 2.05) is 25.9 Å². The Morgan fingerprint density at radius 2 is 1.48 bits per heavy atom. The number of carbonyl (C=O) groups excluding carboxylic acids is 2. The number of cyclic esters (lactones) is 1. The molecule has 3 rings (SSSR count). The minimum atomic E-state index is -2.27. The number of ketones is 1. The van der Waals surface area contributed by atoms with E-state index in [-0.39, 0.29) is 25.0 Å². The van der Waals surface area contributed by atoms with Gasteiger partial charge in [-0.2, -0.15) is 0 Å². The van der Waals surface area contributed by atoms with E-state index in [0.717, 1.165) is 0 Å². The van der Waals surface area contributed by atoms with Crippen LogP contribution < -0.4 is 0 Å². The molecule has 0 aromatic heterocycles. The molecule has 15 heteroatoms. The molecule has 3 aliphatic heterocycles. The first-order chi connectivity index (χ1) is 23.7. The number of methoxy groups -OCH3 is 1. The second kappa shape index (κ2) is 16.8. The van der Waals surface area contributed by atoms with Crippen LogP contribution in [0.3, 0.4) is 0 Å². The fraction of sp³-hybridized carbons (Fsp3) is 0.946. The number of esters is 1. The molecule has 0 aromatic rings. The van der Waals surface area contributed by atoms with Crippen LogP contribution in [-0.4, -0.2) is 158 Å². The summed E-state index contributed by atoms with van der Waals surface area (Å²) >= 11 is 0. The van der Waals surface area contributed by atoms with Crippen molar-refractivity contribution in [2.45, 2.75) is 185 Å². The van der Waals surface area contributed by atoms with Gasteiger partial charge in [0.1, 0.15) is 29.5 Å². The first-order valence-corrected chi connectivity index (χ1v) is 18.5. The average Bonchev–Trinajstić information content (AvgIpc) is 3.05. The fourth-order valence-corrected chi connectivity index (χ4v) is 8.49. The molecule has 0 aromatic carbocycles. The van der Waals surface area contributed by atoms with Gasteiger partial charge < -0.3 is 64.0 Å². The molecule has 0 aliphatic carbocycles. The van der Waals surface area contributed by atoms with E-state index >= 15 is 0 Å². The zero-order valence-electron chi connectivity index (χ0n) is 33.3. The van der Waals surface area contributed by atoms with Gasteiger partial charge in [0.25, 0.3) is 0 Å². The molecule has 0 radical (unpaired) electrons. The Morgan fingerprint density at radius 3 is 2.02 bits per heavy atom. The summed E-state index contributed by atoms with van der Waals surface area (Å²) in [5.74, 6) is -5.15. The number of ether oxygens (including phenoxy) is 6. The summed E-state index contributed by atoms with van der Waals surface area (Å²) in [7, 11) is 5.09. The Hall–Kier alpha value is -1.34. The van der Waals surface area contributed by atoms with Gasteiger partial charge >= 0.3 is 5.97 Å². The summed E-state index contributed by atoms with van der Waals surface area (Å²) in [6.07, 6.45) is -11.2. The van der Waals surface area contributed by atoms with E-state index in [2.05, 4.69) is 0 Å². The highest BCUT2D eigenvalue weighted by atomic mass is 16.7. The highest BCUT2D eigenvalue weighted by Crippen LogP contribution is 2.41. The van der Waals surface area contributed by atoms with Crippen molar-refractivity contribution in [2.75, 3.05) is 21.2 Å². The molecule has 0 amide bonds. The summed E-state index contributed by atoms with van der Waals surface area (Å²) in [4.78, 5) is 29.8. The molecular formula is C37H67NO14. The van der Waals surface area contributed by atoms with Crippen molar-refractivity contribution < 1.29 is 68.6 Å². The summed E-state index contributed by atoms with van der Waals surface area (Å²) in [5, 5.41) is 69.4. The minimum Gasteiger partial charge on any atom is -0.459 e. The lowest BCUT2D eigenvalue weighted by Crippen LogP contribution is -2.63. The highest BCUT2D eigenvalue weighted by Gasteiger charge is 2.55. The van der Waals surface area contributed by atoms with Crippen LogP contribution in [0.15, 0.2) is 0 Å². The molecule has 304 valence electrons. The molecular weight excluding hydrogens is 682 g/mol. The normalized spacial score (nSPS) is 50.5. The van der Waals surface area contributed by atoms with E-state index in [4.69, 9.17) is 28.4 Å². The summed E-state index contributed by atoms with van der Waals surface area (Å²) in [6.45, 7) is 15.3. The third-order valence-electron chi connectivity index (χ3n) is 11.8. The van der Waals surface area contributed by atoms with Gasteiger partial charge in [0.15, 0.2) is 18.4 Å². The maximum Gasteiger partial charge on any atom is 0.311 e. The van der Waals surface area contributed by atoms with Gasteiger partial charge in [-0.15, -0.1) is 0 Å². The second-order valence-electron chi connectivity index (χ2n) is 16.8. The van der Waals surface area contributed by atoms with Crippen LogP contribution in [0.25, 0.3) is 0 Å². The number of rotatable bonds is 7. The lowest BCUT2D eigenvalue weighted by atomic mass is 9.72. The number of hydrogen-bond donors (Lipinski definition) is 6. The van der Waals surface area contributed by atoms with Gasteiger partial charge in [0.2, 0.25) is 0 Å². The minimum absolute atomic E-state index is 0.0496. The van der Waals surface area contributed by atoms with Gasteiger partial charge in [-0.1, -0.05) is 20.8 Å². The average molecular weight is 750 g/mol. The predicted octanol–water partition coefficient (Wildman–Crippen LogP) is 0.901. The van der Waals surface area contributed by atoms with Crippen LogP contribution in [0, 0.1) is 17.8 Å². The first-order valence-electron chi connectivity index (χ1n) is 18.5. The van der Waals surface area contributed by atoms with Gasteiger partial charge in [-0.05, 0) is 75.4 Å². The van der Waals surface area contributed by atoms with E-state index in [0.29, 0.717) is 6.42 Å². The van der Waals surface area contributed by atoms with Crippen molar-refractivity contribution >= 4 is 11.8 Å². The molecule has 3 saturated heterocycles. The Morgan fingerprint density at radius 1 is 0.885 bits per heavy atom. The SMILES string of the molecule is CC[C@H]1OC(=O)[C@H](C)[C@@H](OC2CC(C)(OC)C(O)C(C)O2)[C@H](C)[C@@H](OC2OC(C)CC(N(C)C)C2O)[C@](C)(O)C[C@@](C)(O)C(=O)[C@H](C)[C@@H](O)[C@]1(C)O. The third kappa shape index (κ3) is 9.36. The van der Waals surface area contributed by atoms with Crippen molar-refractivity contribution in [3.05, 3.63) is 0 Å². The van der Waals surface area contributed by atoms with Gasteiger partial charge in [0, 0.05) is 37.8 Å². The lowest BCUT2D eigenvalue weighted by Gasteiger charge is -2.49. The number of aliphatic hydroxyl groups excluding tert-OH is 3. The molecule has 0 spiro atoms. The van der Waals surface area contributed by atoms with Gasteiger partial charge in [-0.3, -0.25) is 9.59 Å². The summed E-state index contributed by atoms with van der Waals surface area (Å²) in [6, 6.07) is -0.380. The predicted molar refractivity (Wildman–Crippen MR) is 188 cm³/mol. The molecule has 6 N–H and O–H groups in total. The molecule has 52 heavy (non-hydrogen) atoms.